The summed E-state index contributed by atoms with van der Waals surface area (Å²) in [6.45, 7) is 0. The van der Waals surface area contributed by atoms with Crippen molar-refractivity contribution >= 4 is 40.0 Å². The molecule has 0 aliphatic rings. The van der Waals surface area contributed by atoms with E-state index in [1.54, 1.807) is 0 Å². The first kappa shape index (κ1) is 14.8. The smallest absolute Gasteiger partial charge is 0.224 e. The molecule has 0 spiro atoms. The van der Waals surface area contributed by atoms with E-state index in [9.17, 15) is 0 Å². The van der Waals surface area contributed by atoms with Gasteiger partial charge in [-0.2, -0.15) is 4.98 Å². The first-order valence-electron chi connectivity index (χ1n) is 6.90. The van der Waals surface area contributed by atoms with Crippen LogP contribution in [-0.2, 0) is 0 Å². The van der Waals surface area contributed by atoms with Crippen LogP contribution in [0.5, 0.6) is 0 Å². The molecule has 4 nitrogen and oxygen atoms in total. The fourth-order valence-electron chi connectivity index (χ4n) is 2.08. The van der Waals surface area contributed by atoms with Gasteiger partial charge in [0.1, 0.15) is 5.82 Å². The Kier molecular flexibility index (Phi) is 4.53. The van der Waals surface area contributed by atoms with Crippen molar-refractivity contribution in [2.45, 2.75) is 0 Å². The molecule has 0 aliphatic heterocycles. The molecule has 0 saturated heterocycles. The number of hydrogen-bond acceptors (Lipinski definition) is 4. The second kappa shape index (κ2) is 6.74. The Hall–Kier alpha value is -2.15. The van der Waals surface area contributed by atoms with Gasteiger partial charge in [0, 0.05) is 22.2 Å². The average molecular weight is 402 g/mol. The fourth-order valence-corrected chi connectivity index (χ4v) is 2.60. The molecule has 1 aromatic heterocycles. The van der Waals surface area contributed by atoms with Crippen molar-refractivity contribution in [3.8, 4) is 11.3 Å². The zero-order chi connectivity index (χ0) is 15.4. The maximum atomic E-state index is 4.52. The largest absolute Gasteiger partial charge is 0.357 e. The molecule has 0 atom stereocenters. The van der Waals surface area contributed by atoms with Crippen molar-refractivity contribution in [3.05, 3.63) is 64.2 Å². The van der Waals surface area contributed by atoms with Gasteiger partial charge in [0.15, 0.2) is 0 Å². The SMILES string of the molecule is CNc1nc(Nc2ccccc2I)cc(-c2ccccc2)n1. The summed E-state index contributed by atoms with van der Waals surface area (Å²) in [5.74, 6) is 1.36. The van der Waals surface area contributed by atoms with Crippen LogP contribution in [0.2, 0.25) is 0 Å². The highest BCUT2D eigenvalue weighted by atomic mass is 127. The number of benzene rings is 2. The molecular formula is C17H15IN4. The second-order valence-electron chi connectivity index (χ2n) is 4.68. The standard InChI is InChI=1S/C17H15IN4/c1-19-17-21-15(12-7-3-2-4-8-12)11-16(22-17)20-14-10-6-5-9-13(14)18/h2-11H,1H3,(H2,19,20,21,22). The lowest BCUT2D eigenvalue weighted by Gasteiger charge is -2.11. The van der Waals surface area contributed by atoms with Crippen molar-refractivity contribution in [3.63, 3.8) is 0 Å². The first-order valence-corrected chi connectivity index (χ1v) is 7.98. The van der Waals surface area contributed by atoms with Crippen LogP contribution in [0.3, 0.4) is 0 Å². The van der Waals surface area contributed by atoms with E-state index in [1.807, 2.05) is 61.6 Å². The molecule has 0 amide bonds. The summed E-state index contributed by atoms with van der Waals surface area (Å²) < 4.78 is 1.14. The molecule has 0 fully saturated rings. The number of anilines is 3. The topological polar surface area (TPSA) is 49.8 Å². The molecule has 5 heteroatoms. The molecule has 0 unspecified atom stereocenters. The lowest BCUT2D eigenvalue weighted by atomic mass is 10.1. The Bertz CT molecular complexity index is 775. The quantitative estimate of drug-likeness (QED) is 0.630. The summed E-state index contributed by atoms with van der Waals surface area (Å²) in [4.78, 5) is 9.00. The van der Waals surface area contributed by atoms with Gasteiger partial charge in [-0.3, -0.25) is 0 Å². The van der Waals surface area contributed by atoms with Crippen molar-refractivity contribution in [2.75, 3.05) is 17.7 Å². The predicted octanol–water partition coefficient (Wildman–Crippen LogP) is 4.53. The van der Waals surface area contributed by atoms with E-state index in [-0.39, 0.29) is 0 Å². The van der Waals surface area contributed by atoms with E-state index in [0.29, 0.717) is 5.95 Å². The van der Waals surface area contributed by atoms with Gasteiger partial charge >= 0.3 is 0 Å². The molecule has 3 aromatic rings. The van der Waals surface area contributed by atoms with Crippen LogP contribution in [0, 0.1) is 3.57 Å². The third-order valence-corrected chi connectivity index (χ3v) is 4.10. The minimum absolute atomic E-state index is 0.592. The summed E-state index contributed by atoms with van der Waals surface area (Å²) >= 11 is 2.30. The molecule has 2 aromatic carbocycles. The van der Waals surface area contributed by atoms with E-state index >= 15 is 0 Å². The molecule has 0 bridgehead atoms. The normalized spacial score (nSPS) is 10.3. The number of hydrogen-bond donors (Lipinski definition) is 2. The lowest BCUT2D eigenvalue weighted by molar-refractivity contribution is 1.15. The highest BCUT2D eigenvalue weighted by Crippen LogP contribution is 2.25. The van der Waals surface area contributed by atoms with E-state index in [0.717, 1.165) is 26.3 Å². The Labute approximate surface area is 143 Å². The zero-order valence-corrected chi connectivity index (χ0v) is 14.2. The summed E-state index contributed by atoms with van der Waals surface area (Å²) in [5, 5.41) is 6.37. The third-order valence-electron chi connectivity index (χ3n) is 3.16. The molecule has 0 aliphatic carbocycles. The van der Waals surface area contributed by atoms with Gasteiger partial charge in [-0.15, -0.1) is 0 Å². The molecule has 110 valence electrons. The van der Waals surface area contributed by atoms with Gasteiger partial charge in [0.25, 0.3) is 0 Å². The zero-order valence-electron chi connectivity index (χ0n) is 12.0. The van der Waals surface area contributed by atoms with Crippen molar-refractivity contribution in [2.24, 2.45) is 0 Å². The lowest BCUT2D eigenvalue weighted by Crippen LogP contribution is -2.02. The fraction of sp³-hybridized carbons (Fsp3) is 0.0588. The molecule has 0 radical (unpaired) electrons. The summed E-state index contributed by atoms with van der Waals surface area (Å²) in [6.07, 6.45) is 0. The molecule has 2 N–H and O–H groups in total. The van der Waals surface area contributed by atoms with Crippen LogP contribution in [0.4, 0.5) is 17.5 Å². The maximum Gasteiger partial charge on any atom is 0.224 e. The maximum absolute atomic E-state index is 4.52. The predicted molar refractivity (Wildman–Crippen MR) is 99.5 cm³/mol. The van der Waals surface area contributed by atoms with Crippen LogP contribution in [0.15, 0.2) is 60.7 Å². The number of aromatic nitrogens is 2. The van der Waals surface area contributed by atoms with Crippen molar-refractivity contribution in [1.82, 2.24) is 9.97 Å². The highest BCUT2D eigenvalue weighted by molar-refractivity contribution is 14.1. The van der Waals surface area contributed by atoms with Crippen molar-refractivity contribution < 1.29 is 0 Å². The number of nitrogens with zero attached hydrogens (tertiary/aromatic N) is 2. The van der Waals surface area contributed by atoms with Gasteiger partial charge in [-0.05, 0) is 34.7 Å². The highest BCUT2D eigenvalue weighted by Gasteiger charge is 2.07. The van der Waals surface area contributed by atoms with Crippen LogP contribution in [0.1, 0.15) is 0 Å². The number of nitrogens with one attached hydrogen (secondary N) is 2. The molecule has 3 rings (SSSR count). The van der Waals surface area contributed by atoms with Crippen LogP contribution < -0.4 is 10.6 Å². The van der Waals surface area contributed by atoms with Gasteiger partial charge in [-0.25, -0.2) is 4.98 Å². The van der Waals surface area contributed by atoms with Gasteiger partial charge < -0.3 is 10.6 Å². The van der Waals surface area contributed by atoms with E-state index in [4.69, 9.17) is 0 Å². The number of para-hydroxylation sites is 1. The number of halogens is 1. The monoisotopic (exact) mass is 402 g/mol. The van der Waals surface area contributed by atoms with E-state index in [1.165, 1.54) is 0 Å². The average Bonchev–Trinajstić information content (AvgIpc) is 2.57. The Balaban J connectivity index is 2.00. The van der Waals surface area contributed by atoms with Crippen LogP contribution >= 0.6 is 22.6 Å². The summed E-state index contributed by atoms with van der Waals surface area (Å²) in [5.41, 5.74) is 2.98. The Morgan fingerprint density at radius 2 is 1.64 bits per heavy atom. The van der Waals surface area contributed by atoms with Crippen molar-refractivity contribution in [1.29, 1.82) is 0 Å². The van der Waals surface area contributed by atoms with Gasteiger partial charge in [0.05, 0.1) is 11.4 Å². The molecule has 0 saturated carbocycles. The minimum Gasteiger partial charge on any atom is -0.357 e. The van der Waals surface area contributed by atoms with Gasteiger partial charge in [-0.1, -0.05) is 42.5 Å². The second-order valence-corrected chi connectivity index (χ2v) is 5.85. The summed E-state index contributed by atoms with van der Waals surface area (Å²) in [7, 11) is 1.82. The third kappa shape index (κ3) is 3.36. The first-order chi connectivity index (χ1) is 10.8. The van der Waals surface area contributed by atoms with Crippen LogP contribution in [0.25, 0.3) is 11.3 Å². The van der Waals surface area contributed by atoms with E-state index in [2.05, 4.69) is 49.3 Å². The minimum atomic E-state index is 0.592. The molecule has 1 heterocycles. The number of rotatable bonds is 4. The summed E-state index contributed by atoms with van der Waals surface area (Å²) in [6, 6.07) is 20.1. The van der Waals surface area contributed by atoms with Gasteiger partial charge in [0.2, 0.25) is 5.95 Å². The molecule has 22 heavy (non-hydrogen) atoms. The Morgan fingerprint density at radius 3 is 2.36 bits per heavy atom. The van der Waals surface area contributed by atoms with E-state index < -0.39 is 0 Å². The van der Waals surface area contributed by atoms with Crippen LogP contribution in [-0.4, -0.2) is 17.0 Å². The Morgan fingerprint density at radius 1 is 0.909 bits per heavy atom. The molecular weight excluding hydrogens is 387 g/mol.